The highest BCUT2D eigenvalue weighted by Crippen LogP contribution is 2.43. The first-order chi connectivity index (χ1) is 14.4. The summed E-state index contributed by atoms with van der Waals surface area (Å²) >= 11 is 0. The SMILES string of the molecule is N[C@H](Cc1ccc(F)c(F)c1)C(C=O)CN1CCn2cc(C(F)(F)C(F)(F)F)nc2C1. The van der Waals surface area contributed by atoms with Crippen molar-refractivity contribution in [2.75, 3.05) is 13.1 Å². The van der Waals surface area contributed by atoms with Gasteiger partial charge < -0.3 is 15.1 Å². The number of aromatic nitrogens is 2. The average molecular weight is 452 g/mol. The van der Waals surface area contributed by atoms with Gasteiger partial charge in [0.15, 0.2) is 11.6 Å². The molecule has 0 saturated carbocycles. The summed E-state index contributed by atoms with van der Waals surface area (Å²) in [4.78, 5) is 16.7. The summed E-state index contributed by atoms with van der Waals surface area (Å²) < 4.78 is 92.5. The van der Waals surface area contributed by atoms with Crippen molar-refractivity contribution in [2.45, 2.75) is 37.7 Å². The van der Waals surface area contributed by atoms with Crippen molar-refractivity contribution in [2.24, 2.45) is 11.7 Å². The molecule has 1 unspecified atom stereocenters. The number of fused-ring (bicyclic) bond motifs is 1. The Morgan fingerprint density at radius 2 is 1.84 bits per heavy atom. The molecule has 1 aromatic carbocycles. The van der Waals surface area contributed by atoms with Crippen LogP contribution in [0.3, 0.4) is 0 Å². The number of benzene rings is 1. The number of alkyl halides is 5. The number of hydrogen-bond donors (Lipinski definition) is 1. The van der Waals surface area contributed by atoms with Gasteiger partial charge in [0.2, 0.25) is 0 Å². The Hall–Kier alpha value is -2.47. The molecule has 0 spiro atoms. The maximum Gasteiger partial charge on any atom is 0.459 e. The fraction of sp³-hybridized carbons (Fsp3) is 0.474. The number of imidazole rings is 1. The molecule has 2 N–H and O–H groups in total. The first-order valence-electron chi connectivity index (χ1n) is 9.30. The summed E-state index contributed by atoms with van der Waals surface area (Å²) in [5, 5.41) is 0. The quantitative estimate of drug-likeness (QED) is 0.518. The normalized spacial score (nSPS) is 17.3. The summed E-state index contributed by atoms with van der Waals surface area (Å²) in [6, 6.07) is 2.54. The molecule has 5 nitrogen and oxygen atoms in total. The van der Waals surface area contributed by atoms with E-state index in [-0.39, 0.29) is 38.4 Å². The van der Waals surface area contributed by atoms with E-state index in [1.165, 1.54) is 10.6 Å². The molecule has 170 valence electrons. The van der Waals surface area contributed by atoms with Crippen LogP contribution in [-0.4, -0.2) is 46.0 Å². The van der Waals surface area contributed by atoms with Crippen molar-refractivity contribution in [1.82, 2.24) is 14.5 Å². The summed E-state index contributed by atoms with van der Waals surface area (Å²) in [6.45, 7) is 0.450. The van der Waals surface area contributed by atoms with Gasteiger partial charge in [-0.1, -0.05) is 6.07 Å². The Morgan fingerprint density at radius 3 is 2.45 bits per heavy atom. The first kappa shape index (κ1) is 23.2. The molecule has 0 aliphatic carbocycles. The minimum Gasteiger partial charge on any atom is -0.332 e. The minimum atomic E-state index is -5.76. The standard InChI is InChI=1S/C19H19F7N4O/c20-13-2-1-11(5-14(13)21)6-15(27)12(10-31)7-29-3-4-30-8-16(28-17(30)9-29)18(22,23)19(24,25)26/h1-2,5,8,10,12,15H,3-4,6-7,9,27H2/t12?,15-/m1/s1. The number of carbonyl (C=O) groups excluding carboxylic acids is 1. The molecular formula is C19H19F7N4O. The lowest BCUT2D eigenvalue weighted by Gasteiger charge is -2.31. The van der Waals surface area contributed by atoms with Crippen molar-refractivity contribution in [1.29, 1.82) is 0 Å². The van der Waals surface area contributed by atoms with Crippen molar-refractivity contribution in [3.05, 3.63) is 53.1 Å². The smallest absolute Gasteiger partial charge is 0.332 e. The molecule has 12 heteroatoms. The summed E-state index contributed by atoms with van der Waals surface area (Å²) in [6.07, 6.45) is -4.38. The van der Waals surface area contributed by atoms with Crippen LogP contribution in [0.2, 0.25) is 0 Å². The van der Waals surface area contributed by atoms with Crippen LogP contribution in [0.1, 0.15) is 17.1 Å². The maximum absolute atomic E-state index is 13.5. The molecule has 2 aromatic rings. The van der Waals surface area contributed by atoms with Crippen molar-refractivity contribution >= 4 is 6.29 Å². The Balaban J connectivity index is 1.66. The van der Waals surface area contributed by atoms with Crippen molar-refractivity contribution in [3.63, 3.8) is 0 Å². The third kappa shape index (κ3) is 4.90. The molecule has 0 saturated heterocycles. The second-order valence-corrected chi connectivity index (χ2v) is 7.46. The molecule has 0 fully saturated rings. The fourth-order valence-corrected chi connectivity index (χ4v) is 3.42. The number of carbonyl (C=O) groups is 1. The highest BCUT2D eigenvalue weighted by atomic mass is 19.4. The van der Waals surface area contributed by atoms with Crippen molar-refractivity contribution < 1.29 is 35.5 Å². The Morgan fingerprint density at radius 1 is 1.13 bits per heavy atom. The number of nitrogens with two attached hydrogens (primary N) is 1. The van der Waals surface area contributed by atoms with Crippen LogP contribution >= 0.6 is 0 Å². The molecular weight excluding hydrogens is 433 g/mol. The van der Waals surface area contributed by atoms with E-state index in [1.54, 1.807) is 4.90 Å². The largest absolute Gasteiger partial charge is 0.459 e. The zero-order valence-electron chi connectivity index (χ0n) is 16.0. The fourth-order valence-electron chi connectivity index (χ4n) is 3.42. The van der Waals surface area contributed by atoms with E-state index in [9.17, 15) is 35.5 Å². The van der Waals surface area contributed by atoms with Crippen LogP contribution in [-0.2, 0) is 30.2 Å². The third-order valence-corrected chi connectivity index (χ3v) is 5.21. The Kier molecular flexibility index (Phi) is 6.42. The molecule has 31 heavy (non-hydrogen) atoms. The predicted molar refractivity (Wildman–Crippen MR) is 95.0 cm³/mol. The maximum atomic E-state index is 13.5. The van der Waals surface area contributed by atoms with Crippen molar-refractivity contribution in [3.8, 4) is 0 Å². The summed E-state index contributed by atoms with van der Waals surface area (Å²) in [5.41, 5.74) is 5.07. The third-order valence-electron chi connectivity index (χ3n) is 5.21. The van der Waals surface area contributed by atoms with Gasteiger partial charge in [-0.25, -0.2) is 13.8 Å². The molecule has 0 amide bonds. The highest BCUT2D eigenvalue weighted by molar-refractivity contribution is 5.55. The van der Waals surface area contributed by atoms with Gasteiger partial charge in [-0.2, -0.15) is 22.0 Å². The van der Waals surface area contributed by atoms with Gasteiger partial charge in [0.25, 0.3) is 0 Å². The van der Waals surface area contributed by atoms with E-state index >= 15 is 0 Å². The van der Waals surface area contributed by atoms with Crippen LogP contribution in [0.5, 0.6) is 0 Å². The molecule has 1 aliphatic rings. The molecule has 2 heterocycles. The number of nitrogens with zero attached hydrogens (tertiary/aromatic N) is 3. The summed E-state index contributed by atoms with van der Waals surface area (Å²) in [5.74, 6) is -7.83. The highest BCUT2D eigenvalue weighted by Gasteiger charge is 2.60. The Bertz CT molecular complexity index is 944. The molecule has 1 aromatic heterocycles. The van der Waals surface area contributed by atoms with Crippen LogP contribution in [0, 0.1) is 17.6 Å². The lowest BCUT2D eigenvalue weighted by molar-refractivity contribution is -0.290. The van der Waals surface area contributed by atoms with E-state index in [1.807, 2.05) is 0 Å². The van der Waals surface area contributed by atoms with Gasteiger partial charge in [0.1, 0.15) is 17.8 Å². The van der Waals surface area contributed by atoms with Crippen LogP contribution in [0.4, 0.5) is 30.7 Å². The van der Waals surface area contributed by atoms with Crippen LogP contribution in [0.15, 0.2) is 24.4 Å². The van der Waals surface area contributed by atoms with E-state index in [0.717, 1.165) is 12.1 Å². The molecule has 0 radical (unpaired) electrons. The second kappa shape index (κ2) is 8.58. The van der Waals surface area contributed by atoms with Gasteiger partial charge in [0.05, 0.1) is 6.54 Å². The Labute approximate surface area is 172 Å². The van der Waals surface area contributed by atoms with Crippen LogP contribution in [0.25, 0.3) is 0 Å². The lowest BCUT2D eigenvalue weighted by atomic mass is 9.94. The zero-order valence-corrected chi connectivity index (χ0v) is 16.0. The van der Waals surface area contributed by atoms with Gasteiger partial charge in [-0.05, 0) is 24.1 Å². The number of halogens is 7. The van der Waals surface area contributed by atoms with Gasteiger partial charge in [-0.15, -0.1) is 0 Å². The number of rotatable bonds is 7. The second-order valence-electron chi connectivity index (χ2n) is 7.46. The molecule has 0 bridgehead atoms. The van der Waals surface area contributed by atoms with E-state index in [2.05, 4.69) is 4.98 Å². The first-order valence-corrected chi connectivity index (χ1v) is 9.30. The van der Waals surface area contributed by atoms with E-state index < -0.39 is 41.4 Å². The molecule has 2 atom stereocenters. The van der Waals surface area contributed by atoms with E-state index in [0.29, 0.717) is 18.0 Å². The number of hydrogen-bond acceptors (Lipinski definition) is 4. The van der Waals surface area contributed by atoms with Crippen LogP contribution < -0.4 is 5.73 Å². The molecule has 3 rings (SSSR count). The minimum absolute atomic E-state index is 0.0176. The van der Waals surface area contributed by atoms with Gasteiger partial charge in [-0.3, -0.25) is 4.90 Å². The predicted octanol–water partition coefficient (Wildman–Crippen LogP) is 3.02. The molecule has 1 aliphatic heterocycles. The van der Waals surface area contributed by atoms with Gasteiger partial charge in [0, 0.05) is 37.8 Å². The van der Waals surface area contributed by atoms with E-state index in [4.69, 9.17) is 5.73 Å². The summed E-state index contributed by atoms with van der Waals surface area (Å²) in [7, 11) is 0. The average Bonchev–Trinajstić information content (AvgIpc) is 3.12. The number of aldehydes is 1. The van der Waals surface area contributed by atoms with Gasteiger partial charge >= 0.3 is 12.1 Å². The topological polar surface area (TPSA) is 64.2 Å². The zero-order chi connectivity index (χ0) is 23.0. The monoisotopic (exact) mass is 452 g/mol. The lowest BCUT2D eigenvalue weighted by Crippen LogP contribution is -2.44.